The van der Waals surface area contributed by atoms with Gasteiger partial charge >= 0.3 is 0 Å². The van der Waals surface area contributed by atoms with E-state index in [4.69, 9.17) is 9.88 Å². The van der Waals surface area contributed by atoms with Crippen LogP contribution in [0, 0.1) is 0 Å². The third kappa shape index (κ3) is 3.80. The SMILES string of the molecule is CCN1CCC[C@H]1CNC(=O)c1cc(S(N)(=O)=O)cc2c1O[C@H](C)C2. The molecule has 0 saturated carbocycles. The summed E-state index contributed by atoms with van der Waals surface area (Å²) in [7, 11) is -3.89. The van der Waals surface area contributed by atoms with Crippen LogP contribution in [-0.4, -0.2) is 51.0 Å². The van der Waals surface area contributed by atoms with Crippen molar-refractivity contribution in [2.45, 2.75) is 50.2 Å². The Bertz CT molecular complexity index is 778. The van der Waals surface area contributed by atoms with Gasteiger partial charge in [0.25, 0.3) is 5.91 Å². The molecule has 25 heavy (non-hydrogen) atoms. The van der Waals surface area contributed by atoms with E-state index in [2.05, 4.69) is 17.1 Å². The van der Waals surface area contributed by atoms with Crippen molar-refractivity contribution in [2.24, 2.45) is 5.14 Å². The summed E-state index contributed by atoms with van der Waals surface area (Å²) in [5, 5.41) is 8.19. The minimum Gasteiger partial charge on any atom is -0.489 e. The number of likely N-dealkylation sites (N-methyl/N-ethyl adjacent to an activating group) is 1. The second-order valence-electron chi connectivity index (χ2n) is 6.77. The summed E-state index contributed by atoms with van der Waals surface area (Å²) in [5.74, 6) is 0.148. The van der Waals surface area contributed by atoms with E-state index in [0.717, 1.165) is 25.9 Å². The number of carbonyl (C=O) groups excluding carboxylic acids is 1. The first kappa shape index (κ1) is 18.2. The summed E-state index contributed by atoms with van der Waals surface area (Å²) < 4.78 is 29.2. The van der Waals surface area contributed by atoms with Crippen LogP contribution in [0.4, 0.5) is 0 Å². The smallest absolute Gasteiger partial charge is 0.255 e. The van der Waals surface area contributed by atoms with Crippen LogP contribution in [0.25, 0.3) is 0 Å². The molecule has 1 fully saturated rings. The summed E-state index contributed by atoms with van der Waals surface area (Å²) in [6.45, 7) is 6.54. The van der Waals surface area contributed by atoms with Crippen molar-refractivity contribution in [3.05, 3.63) is 23.3 Å². The number of amides is 1. The summed E-state index contributed by atoms with van der Waals surface area (Å²) in [4.78, 5) is 15.0. The van der Waals surface area contributed by atoms with E-state index >= 15 is 0 Å². The summed E-state index contributed by atoms with van der Waals surface area (Å²) in [6.07, 6.45) is 2.65. The van der Waals surface area contributed by atoms with Crippen LogP contribution in [0.1, 0.15) is 42.6 Å². The Kier molecular flexibility index (Phi) is 5.04. The largest absolute Gasteiger partial charge is 0.489 e. The molecule has 8 heteroatoms. The Balaban J connectivity index is 1.83. The van der Waals surface area contributed by atoms with Gasteiger partial charge in [0, 0.05) is 19.0 Å². The molecular formula is C17H25N3O4S. The molecule has 0 unspecified atom stereocenters. The molecule has 1 aromatic rings. The van der Waals surface area contributed by atoms with E-state index in [0.29, 0.717) is 30.3 Å². The quantitative estimate of drug-likeness (QED) is 0.804. The van der Waals surface area contributed by atoms with Crippen molar-refractivity contribution in [1.29, 1.82) is 0 Å². The summed E-state index contributed by atoms with van der Waals surface area (Å²) in [5.41, 5.74) is 0.951. The third-order valence-electron chi connectivity index (χ3n) is 4.94. The highest BCUT2D eigenvalue weighted by molar-refractivity contribution is 7.89. The van der Waals surface area contributed by atoms with E-state index in [1.807, 2.05) is 6.92 Å². The Hall–Kier alpha value is -1.64. The van der Waals surface area contributed by atoms with Crippen LogP contribution in [0.2, 0.25) is 0 Å². The average Bonchev–Trinajstić information content (AvgIpc) is 3.15. The molecule has 1 amide bonds. The molecule has 3 rings (SSSR count). The molecular weight excluding hydrogens is 342 g/mol. The van der Waals surface area contributed by atoms with Gasteiger partial charge in [-0.05, 0) is 50.6 Å². The van der Waals surface area contributed by atoms with Crippen molar-refractivity contribution in [1.82, 2.24) is 10.2 Å². The van der Waals surface area contributed by atoms with Crippen molar-refractivity contribution in [3.63, 3.8) is 0 Å². The number of primary sulfonamides is 1. The standard InChI is InChI=1S/C17H25N3O4S/c1-3-20-6-4-5-13(20)10-19-17(21)15-9-14(25(18,22)23)8-12-7-11(2)24-16(12)15/h8-9,11,13H,3-7,10H2,1-2H3,(H,19,21)(H2,18,22,23)/t11-,13+/m1/s1. The number of nitrogens with zero attached hydrogens (tertiary/aromatic N) is 1. The maximum absolute atomic E-state index is 12.7. The average molecular weight is 367 g/mol. The van der Waals surface area contributed by atoms with Gasteiger partial charge in [0.2, 0.25) is 10.0 Å². The monoisotopic (exact) mass is 367 g/mol. The molecule has 1 aromatic carbocycles. The Labute approximate surface area is 148 Å². The molecule has 2 aliphatic heterocycles. The van der Waals surface area contributed by atoms with Crippen LogP contribution in [0.5, 0.6) is 5.75 Å². The van der Waals surface area contributed by atoms with E-state index in [9.17, 15) is 13.2 Å². The molecule has 3 N–H and O–H groups in total. The maximum atomic E-state index is 12.7. The van der Waals surface area contributed by atoms with Crippen molar-refractivity contribution < 1.29 is 17.9 Å². The fraction of sp³-hybridized carbons (Fsp3) is 0.588. The van der Waals surface area contributed by atoms with Gasteiger partial charge in [0.05, 0.1) is 10.5 Å². The highest BCUT2D eigenvalue weighted by Crippen LogP contribution is 2.35. The number of fused-ring (bicyclic) bond motifs is 1. The van der Waals surface area contributed by atoms with Gasteiger partial charge in [-0.25, -0.2) is 13.6 Å². The maximum Gasteiger partial charge on any atom is 0.255 e. The minimum atomic E-state index is -3.89. The number of ether oxygens (including phenoxy) is 1. The Morgan fingerprint density at radius 3 is 2.88 bits per heavy atom. The zero-order chi connectivity index (χ0) is 18.2. The predicted molar refractivity (Wildman–Crippen MR) is 94.2 cm³/mol. The first-order chi connectivity index (χ1) is 11.8. The van der Waals surface area contributed by atoms with E-state index in [1.54, 1.807) is 0 Å². The van der Waals surface area contributed by atoms with Crippen LogP contribution < -0.4 is 15.2 Å². The first-order valence-electron chi connectivity index (χ1n) is 8.68. The summed E-state index contributed by atoms with van der Waals surface area (Å²) in [6, 6.07) is 3.14. The van der Waals surface area contributed by atoms with Gasteiger partial charge < -0.3 is 10.1 Å². The number of nitrogens with one attached hydrogen (secondary N) is 1. The number of benzene rings is 1. The van der Waals surface area contributed by atoms with Gasteiger partial charge in [0.15, 0.2) is 0 Å². The number of hydrogen-bond acceptors (Lipinski definition) is 5. The second kappa shape index (κ2) is 6.93. The summed E-state index contributed by atoms with van der Waals surface area (Å²) >= 11 is 0. The number of nitrogens with two attached hydrogens (primary N) is 1. The fourth-order valence-corrected chi connectivity index (χ4v) is 4.27. The van der Waals surface area contributed by atoms with Gasteiger partial charge in [-0.15, -0.1) is 0 Å². The van der Waals surface area contributed by atoms with Crippen LogP contribution in [0.3, 0.4) is 0 Å². The lowest BCUT2D eigenvalue weighted by Gasteiger charge is -2.23. The zero-order valence-corrected chi connectivity index (χ0v) is 15.4. The molecule has 0 spiro atoms. The minimum absolute atomic E-state index is 0.0508. The lowest BCUT2D eigenvalue weighted by molar-refractivity contribution is 0.0936. The van der Waals surface area contributed by atoms with Gasteiger partial charge in [-0.1, -0.05) is 6.92 Å². The lowest BCUT2D eigenvalue weighted by Crippen LogP contribution is -2.40. The molecule has 0 aromatic heterocycles. The second-order valence-corrected chi connectivity index (χ2v) is 8.33. The van der Waals surface area contributed by atoms with E-state index in [1.165, 1.54) is 12.1 Å². The van der Waals surface area contributed by atoms with Crippen molar-refractivity contribution in [2.75, 3.05) is 19.6 Å². The van der Waals surface area contributed by atoms with Crippen LogP contribution >= 0.6 is 0 Å². The van der Waals surface area contributed by atoms with E-state index in [-0.39, 0.29) is 22.5 Å². The van der Waals surface area contributed by atoms with Gasteiger partial charge in [-0.2, -0.15) is 0 Å². The molecule has 7 nitrogen and oxygen atoms in total. The molecule has 1 saturated heterocycles. The third-order valence-corrected chi connectivity index (χ3v) is 5.84. The first-order valence-corrected chi connectivity index (χ1v) is 10.2. The molecule has 0 radical (unpaired) electrons. The highest BCUT2D eigenvalue weighted by atomic mass is 32.2. The van der Waals surface area contributed by atoms with Crippen LogP contribution in [-0.2, 0) is 16.4 Å². The van der Waals surface area contributed by atoms with E-state index < -0.39 is 10.0 Å². The lowest BCUT2D eigenvalue weighted by atomic mass is 10.1. The normalized spacial score (nSPS) is 23.3. The Morgan fingerprint density at radius 2 is 2.20 bits per heavy atom. The molecule has 138 valence electrons. The fourth-order valence-electron chi connectivity index (χ4n) is 3.68. The van der Waals surface area contributed by atoms with Gasteiger partial charge in [0.1, 0.15) is 11.9 Å². The molecule has 2 atom stereocenters. The van der Waals surface area contributed by atoms with Crippen molar-refractivity contribution in [3.8, 4) is 5.75 Å². The molecule has 2 aliphatic rings. The number of likely N-dealkylation sites (tertiary alicyclic amines) is 1. The topological polar surface area (TPSA) is 102 Å². The number of carbonyl (C=O) groups is 1. The van der Waals surface area contributed by atoms with Crippen LogP contribution in [0.15, 0.2) is 17.0 Å². The molecule has 0 bridgehead atoms. The zero-order valence-electron chi connectivity index (χ0n) is 14.6. The van der Waals surface area contributed by atoms with Gasteiger partial charge in [-0.3, -0.25) is 9.69 Å². The number of sulfonamides is 1. The highest BCUT2D eigenvalue weighted by Gasteiger charge is 2.29. The molecule has 2 heterocycles. The Morgan fingerprint density at radius 1 is 1.44 bits per heavy atom. The number of hydrogen-bond donors (Lipinski definition) is 2. The predicted octanol–water partition coefficient (Wildman–Crippen LogP) is 0.872. The number of rotatable bonds is 5. The van der Waals surface area contributed by atoms with Crippen molar-refractivity contribution >= 4 is 15.9 Å². The molecule has 0 aliphatic carbocycles.